The van der Waals surface area contributed by atoms with E-state index in [1.165, 1.54) is 0 Å². The molecule has 0 bridgehead atoms. The van der Waals surface area contributed by atoms with Crippen LogP contribution in [0.1, 0.15) is 36.5 Å². The van der Waals surface area contributed by atoms with Crippen LogP contribution in [-0.2, 0) is 25.7 Å². The van der Waals surface area contributed by atoms with Crippen molar-refractivity contribution in [3.8, 4) is 5.75 Å². The van der Waals surface area contributed by atoms with Crippen molar-refractivity contribution in [3.63, 3.8) is 0 Å². The molecular weight excluding hydrogens is 510 g/mol. The van der Waals surface area contributed by atoms with Crippen molar-refractivity contribution in [1.82, 2.24) is 4.98 Å². The Labute approximate surface area is 211 Å². The summed E-state index contributed by atoms with van der Waals surface area (Å²) in [6.07, 6.45) is 1.84. The fourth-order valence-corrected chi connectivity index (χ4v) is 4.69. The van der Waals surface area contributed by atoms with Gasteiger partial charge in [-0.25, -0.2) is 0 Å². The zero-order valence-corrected chi connectivity index (χ0v) is 20.9. The summed E-state index contributed by atoms with van der Waals surface area (Å²) in [5, 5.41) is 0.929. The first kappa shape index (κ1) is 23.2. The molecular formula is C28H24BrNO5. The van der Waals surface area contributed by atoms with Crippen molar-refractivity contribution in [3.05, 3.63) is 100 Å². The number of hydrogen-bond donors (Lipinski definition) is 1. The third kappa shape index (κ3) is 4.82. The smallest absolute Gasteiger partial charge is 0.324 e. The lowest BCUT2D eigenvalue weighted by atomic mass is 9.80. The first-order chi connectivity index (χ1) is 16.8. The number of aromatic nitrogens is 1. The Morgan fingerprint density at radius 2 is 1.60 bits per heavy atom. The van der Waals surface area contributed by atoms with Crippen LogP contribution in [0.25, 0.3) is 10.9 Å². The minimum Gasteiger partial charge on any atom is -0.489 e. The third-order valence-corrected chi connectivity index (χ3v) is 6.58. The Hall–Kier alpha value is -3.58. The molecule has 1 fully saturated rings. The summed E-state index contributed by atoms with van der Waals surface area (Å²) in [5.41, 5.74) is 3.57. The second kappa shape index (κ2) is 9.23. The molecule has 35 heavy (non-hydrogen) atoms. The SMILES string of the molecule is CC1(C)OC(=O)C([C@@H](c2ccc(OCc3ccc(Br)cc3)cc2)c2c[nH]c3ccccc23)C(=O)O1. The predicted octanol–water partition coefficient (Wildman–Crippen LogP) is 6.09. The highest BCUT2D eigenvalue weighted by atomic mass is 79.9. The number of cyclic esters (lactones) is 2. The van der Waals surface area contributed by atoms with Crippen LogP contribution in [0.2, 0.25) is 0 Å². The van der Waals surface area contributed by atoms with Gasteiger partial charge in [0, 0.05) is 41.3 Å². The van der Waals surface area contributed by atoms with Gasteiger partial charge >= 0.3 is 11.9 Å². The zero-order chi connectivity index (χ0) is 24.6. The fourth-order valence-electron chi connectivity index (χ4n) is 4.42. The van der Waals surface area contributed by atoms with Crippen LogP contribution in [0.15, 0.2) is 83.5 Å². The summed E-state index contributed by atoms with van der Waals surface area (Å²) in [4.78, 5) is 29.4. The molecule has 0 saturated carbocycles. The van der Waals surface area contributed by atoms with E-state index >= 15 is 0 Å². The van der Waals surface area contributed by atoms with Crippen LogP contribution in [-0.4, -0.2) is 22.7 Å². The first-order valence-corrected chi connectivity index (χ1v) is 12.1. The highest BCUT2D eigenvalue weighted by Gasteiger charge is 2.48. The summed E-state index contributed by atoms with van der Waals surface area (Å²) >= 11 is 3.43. The summed E-state index contributed by atoms with van der Waals surface area (Å²) in [6, 6.07) is 23.2. The maximum atomic E-state index is 13.1. The first-order valence-electron chi connectivity index (χ1n) is 11.3. The second-order valence-corrected chi connectivity index (χ2v) is 9.89. The Bertz CT molecular complexity index is 1350. The molecule has 3 aromatic carbocycles. The maximum absolute atomic E-state index is 13.1. The number of halogens is 1. The van der Waals surface area contributed by atoms with Crippen molar-refractivity contribution in [2.75, 3.05) is 0 Å². The number of hydrogen-bond acceptors (Lipinski definition) is 5. The fraction of sp³-hybridized carbons (Fsp3) is 0.214. The monoisotopic (exact) mass is 533 g/mol. The van der Waals surface area contributed by atoms with Crippen LogP contribution >= 0.6 is 15.9 Å². The van der Waals surface area contributed by atoms with E-state index in [0.717, 1.165) is 32.1 Å². The summed E-state index contributed by atoms with van der Waals surface area (Å²) < 4.78 is 17.9. The zero-order valence-electron chi connectivity index (χ0n) is 19.3. The van der Waals surface area contributed by atoms with Gasteiger partial charge in [-0.3, -0.25) is 9.59 Å². The third-order valence-electron chi connectivity index (χ3n) is 6.05. The molecule has 1 aliphatic heterocycles. The van der Waals surface area contributed by atoms with E-state index in [0.29, 0.717) is 12.4 Å². The van der Waals surface area contributed by atoms with E-state index in [-0.39, 0.29) is 0 Å². The Morgan fingerprint density at radius 3 is 2.29 bits per heavy atom. The second-order valence-electron chi connectivity index (χ2n) is 8.97. The van der Waals surface area contributed by atoms with E-state index in [2.05, 4.69) is 20.9 Å². The van der Waals surface area contributed by atoms with Gasteiger partial charge in [0.25, 0.3) is 5.79 Å². The number of carbonyl (C=O) groups is 2. The van der Waals surface area contributed by atoms with Crippen molar-refractivity contribution in [2.24, 2.45) is 5.92 Å². The van der Waals surface area contributed by atoms with E-state index < -0.39 is 29.6 Å². The number of carbonyl (C=O) groups excluding carboxylic acids is 2. The number of para-hydroxylation sites is 1. The van der Waals surface area contributed by atoms with Gasteiger partial charge in [0.1, 0.15) is 12.4 Å². The van der Waals surface area contributed by atoms with E-state index in [4.69, 9.17) is 14.2 Å². The van der Waals surface area contributed by atoms with Crippen molar-refractivity contribution in [2.45, 2.75) is 32.2 Å². The van der Waals surface area contributed by atoms with Gasteiger partial charge in [-0.2, -0.15) is 0 Å². The molecule has 2 heterocycles. The average Bonchev–Trinajstić information content (AvgIpc) is 3.25. The van der Waals surface area contributed by atoms with E-state index in [1.54, 1.807) is 13.8 Å². The van der Waals surface area contributed by atoms with Crippen LogP contribution in [0.4, 0.5) is 0 Å². The van der Waals surface area contributed by atoms with Gasteiger partial charge in [-0.1, -0.05) is 58.4 Å². The molecule has 178 valence electrons. The van der Waals surface area contributed by atoms with Crippen LogP contribution < -0.4 is 4.74 Å². The highest BCUT2D eigenvalue weighted by molar-refractivity contribution is 9.10. The topological polar surface area (TPSA) is 77.6 Å². The maximum Gasteiger partial charge on any atom is 0.324 e. The molecule has 4 aromatic rings. The van der Waals surface area contributed by atoms with Gasteiger partial charge in [0.2, 0.25) is 0 Å². The van der Waals surface area contributed by atoms with Crippen LogP contribution in [0.5, 0.6) is 5.75 Å². The van der Waals surface area contributed by atoms with Gasteiger partial charge in [0.05, 0.1) is 0 Å². The molecule has 7 heteroatoms. The molecule has 1 N–H and O–H groups in total. The normalized spacial score (nSPS) is 16.5. The minimum absolute atomic E-state index is 0.425. The minimum atomic E-state index is -1.29. The molecule has 0 amide bonds. The standard InChI is InChI=1S/C28H24BrNO5/c1-28(2)34-26(31)25(27(32)35-28)24(22-15-30-23-6-4-3-5-21(22)23)18-9-13-20(14-10-18)33-16-17-7-11-19(29)12-8-17/h3-15,24-25,30H,16H2,1-2H3/t24-/m0/s1. The lowest BCUT2D eigenvalue weighted by Crippen LogP contribution is -2.48. The molecule has 6 nitrogen and oxygen atoms in total. The molecule has 0 radical (unpaired) electrons. The van der Waals surface area contributed by atoms with Gasteiger partial charge in [-0.05, 0) is 47.0 Å². The summed E-state index contributed by atoms with van der Waals surface area (Å²) in [7, 11) is 0. The van der Waals surface area contributed by atoms with Crippen molar-refractivity contribution < 1.29 is 23.8 Å². The molecule has 1 aromatic heterocycles. The lowest BCUT2D eigenvalue weighted by Gasteiger charge is -2.36. The van der Waals surface area contributed by atoms with E-state index in [9.17, 15) is 9.59 Å². The van der Waals surface area contributed by atoms with Gasteiger partial charge < -0.3 is 19.2 Å². The quantitative estimate of drug-likeness (QED) is 0.239. The number of nitrogens with one attached hydrogen (secondary N) is 1. The Morgan fingerprint density at radius 1 is 0.943 bits per heavy atom. The number of H-pyrrole nitrogens is 1. The van der Waals surface area contributed by atoms with Crippen LogP contribution in [0, 0.1) is 5.92 Å². The van der Waals surface area contributed by atoms with Gasteiger partial charge in [0.15, 0.2) is 5.92 Å². The number of rotatable bonds is 6. The number of esters is 2. The predicted molar refractivity (Wildman–Crippen MR) is 135 cm³/mol. The number of aromatic amines is 1. The lowest BCUT2D eigenvalue weighted by molar-refractivity contribution is -0.240. The molecule has 5 rings (SSSR count). The molecule has 1 atom stereocenters. The highest BCUT2D eigenvalue weighted by Crippen LogP contribution is 2.41. The summed E-state index contributed by atoms with van der Waals surface area (Å²) in [5.74, 6) is -3.53. The molecule has 0 spiro atoms. The largest absolute Gasteiger partial charge is 0.489 e. The Balaban J connectivity index is 1.48. The number of ether oxygens (including phenoxy) is 3. The molecule has 0 aliphatic carbocycles. The van der Waals surface area contributed by atoms with Gasteiger partial charge in [-0.15, -0.1) is 0 Å². The molecule has 1 saturated heterocycles. The van der Waals surface area contributed by atoms with Crippen molar-refractivity contribution in [1.29, 1.82) is 0 Å². The Kier molecular flexibility index (Phi) is 6.11. The van der Waals surface area contributed by atoms with E-state index in [1.807, 2.05) is 79.0 Å². The van der Waals surface area contributed by atoms with Crippen molar-refractivity contribution >= 4 is 38.8 Å². The van der Waals surface area contributed by atoms with Crippen LogP contribution in [0.3, 0.4) is 0 Å². The number of benzene rings is 3. The number of fused-ring (bicyclic) bond motifs is 1. The average molecular weight is 534 g/mol. The molecule has 0 unspecified atom stereocenters. The molecule has 1 aliphatic rings. The summed E-state index contributed by atoms with van der Waals surface area (Å²) in [6.45, 7) is 3.53.